The van der Waals surface area contributed by atoms with Crippen molar-refractivity contribution in [3.05, 3.63) is 64.4 Å². The highest BCUT2D eigenvalue weighted by Crippen LogP contribution is 2.35. The molecular formula is C17H13NO3S2. The second-order valence-corrected chi connectivity index (χ2v) is 6.91. The largest absolute Gasteiger partial charge is 0.478 e. The minimum atomic E-state index is -1.05. The van der Waals surface area contributed by atoms with Crippen molar-refractivity contribution < 1.29 is 14.7 Å². The third kappa shape index (κ3) is 3.67. The Kier molecular flexibility index (Phi) is 4.55. The van der Waals surface area contributed by atoms with E-state index in [1.165, 1.54) is 22.7 Å². The van der Waals surface area contributed by atoms with E-state index in [-0.39, 0.29) is 17.9 Å². The van der Waals surface area contributed by atoms with Gasteiger partial charge in [-0.2, -0.15) is 0 Å². The zero-order valence-corrected chi connectivity index (χ0v) is 13.6. The summed E-state index contributed by atoms with van der Waals surface area (Å²) >= 11 is 2.77. The molecule has 3 rings (SSSR count). The summed E-state index contributed by atoms with van der Waals surface area (Å²) in [6, 6.07) is 14.9. The zero-order valence-electron chi connectivity index (χ0n) is 12.0. The maximum absolute atomic E-state index is 12.1. The van der Waals surface area contributed by atoms with Crippen LogP contribution in [0.25, 0.3) is 10.4 Å². The molecule has 0 atom stereocenters. The van der Waals surface area contributed by atoms with Gasteiger partial charge in [-0.3, -0.25) is 4.79 Å². The number of benzene rings is 1. The number of hydrogen-bond acceptors (Lipinski definition) is 4. The minimum absolute atomic E-state index is 0.119. The van der Waals surface area contributed by atoms with E-state index in [2.05, 4.69) is 5.32 Å². The van der Waals surface area contributed by atoms with Gasteiger partial charge in [-0.05, 0) is 23.1 Å². The number of thiophene rings is 2. The van der Waals surface area contributed by atoms with Crippen LogP contribution >= 0.6 is 22.7 Å². The number of anilines is 1. The van der Waals surface area contributed by atoms with Crippen LogP contribution in [0.3, 0.4) is 0 Å². The average molecular weight is 343 g/mol. The Balaban J connectivity index is 1.84. The van der Waals surface area contributed by atoms with Crippen molar-refractivity contribution in [3.8, 4) is 10.4 Å². The summed E-state index contributed by atoms with van der Waals surface area (Å²) in [6.07, 6.45) is 0.245. The van der Waals surface area contributed by atoms with Gasteiger partial charge in [-0.15, -0.1) is 22.7 Å². The quantitative estimate of drug-likeness (QED) is 0.723. The lowest BCUT2D eigenvalue weighted by Gasteiger charge is -2.02. The van der Waals surface area contributed by atoms with Crippen molar-refractivity contribution in [1.82, 2.24) is 0 Å². The highest BCUT2D eigenvalue weighted by Gasteiger charge is 2.18. The van der Waals surface area contributed by atoms with E-state index in [4.69, 9.17) is 0 Å². The summed E-state index contributed by atoms with van der Waals surface area (Å²) in [4.78, 5) is 25.3. The van der Waals surface area contributed by atoms with Gasteiger partial charge in [-0.25, -0.2) is 4.79 Å². The SMILES string of the molecule is O=C(Cc1cccs1)Nc1sc(-c2ccccc2)cc1C(=O)O. The van der Waals surface area contributed by atoms with Crippen LogP contribution in [0.1, 0.15) is 15.2 Å². The molecule has 2 N–H and O–H groups in total. The number of amides is 1. The van der Waals surface area contributed by atoms with Gasteiger partial charge < -0.3 is 10.4 Å². The number of nitrogens with one attached hydrogen (secondary N) is 1. The normalized spacial score (nSPS) is 10.4. The first-order chi connectivity index (χ1) is 11.1. The molecular weight excluding hydrogens is 330 g/mol. The molecule has 3 aromatic rings. The van der Waals surface area contributed by atoms with Gasteiger partial charge in [0.05, 0.1) is 12.0 Å². The number of carboxylic acids is 1. The van der Waals surface area contributed by atoms with Crippen LogP contribution in [0.2, 0.25) is 0 Å². The van der Waals surface area contributed by atoms with E-state index in [1.54, 1.807) is 6.07 Å². The standard InChI is InChI=1S/C17H13NO3S2/c19-15(9-12-7-4-8-22-12)18-16-13(17(20)21)10-14(23-16)11-5-2-1-3-6-11/h1-8,10H,9H2,(H,18,19)(H,20,21). The topological polar surface area (TPSA) is 66.4 Å². The highest BCUT2D eigenvalue weighted by molar-refractivity contribution is 7.20. The fraction of sp³-hybridized carbons (Fsp3) is 0.0588. The van der Waals surface area contributed by atoms with Crippen molar-refractivity contribution >= 4 is 39.6 Å². The van der Waals surface area contributed by atoms with Crippen molar-refractivity contribution in [3.63, 3.8) is 0 Å². The van der Waals surface area contributed by atoms with Gasteiger partial charge in [-0.1, -0.05) is 36.4 Å². The lowest BCUT2D eigenvalue weighted by molar-refractivity contribution is -0.115. The summed E-state index contributed by atoms with van der Waals surface area (Å²) in [5.41, 5.74) is 1.05. The first-order valence-electron chi connectivity index (χ1n) is 6.88. The molecule has 0 saturated carbocycles. The maximum atomic E-state index is 12.1. The third-order valence-electron chi connectivity index (χ3n) is 3.19. The molecule has 0 unspecified atom stereocenters. The monoisotopic (exact) mass is 343 g/mol. The van der Waals surface area contributed by atoms with E-state index in [0.717, 1.165) is 15.3 Å². The van der Waals surface area contributed by atoms with E-state index < -0.39 is 5.97 Å². The second kappa shape index (κ2) is 6.76. The Labute approximate surface area is 141 Å². The molecule has 2 heterocycles. The number of hydrogen-bond donors (Lipinski definition) is 2. The predicted molar refractivity (Wildman–Crippen MR) is 93.4 cm³/mol. The molecule has 2 aromatic heterocycles. The first kappa shape index (κ1) is 15.5. The third-order valence-corrected chi connectivity index (χ3v) is 5.16. The number of carbonyl (C=O) groups is 2. The van der Waals surface area contributed by atoms with E-state index in [0.29, 0.717) is 5.00 Å². The van der Waals surface area contributed by atoms with E-state index in [9.17, 15) is 14.7 Å². The number of carboxylic acid groups (broad SMARTS) is 1. The Morgan fingerprint density at radius 1 is 1.09 bits per heavy atom. The van der Waals surface area contributed by atoms with Gasteiger partial charge in [0.1, 0.15) is 5.00 Å². The summed E-state index contributed by atoms with van der Waals surface area (Å²) in [5.74, 6) is -1.26. The molecule has 0 spiro atoms. The highest BCUT2D eigenvalue weighted by atomic mass is 32.1. The Hall–Kier alpha value is -2.44. The molecule has 6 heteroatoms. The van der Waals surface area contributed by atoms with Gasteiger partial charge >= 0.3 is 5.97 Å². The number of rotatable bonds is 5. The van der Waals surface area contributed by atoms with Crippen molar-refractivity contribution in [2.75, 3.05) is 5.32 Å². The minimum Gasteiger partial charge on any atom is -0.478 e. The maximum Gasteiger partial charge on any atom is 0.338 e. The van der Waals surface area contributed by atoms with Crippen LogP contribution in [-0.4, -0.2) is 17.0 Å². The number of carbonyl (C=O) groups excluding carboxylic acids is 1. The predicted octanol–water partition coefficient (Wildman–Crippen LogP) is 4.36. The Morgan fingerprint density at radius 2 is 1.87 bits per heavy atom. The molecule has 1 aromatic carbocycles. The molecule has 0 radical (unpaired) electrons. The van der Waals surface area contributed by atoms with Crippen LogP contribution < -0.4 is 5.32 Å². The smallest absolute Gasteiger partial charge is 0.338 e. The van der Waals surface area contributed by atoms with E-state index in [1.807, 2.05) is 47.8 Å². The molecule has 0 aliphatic carbocycles. The molecule has 0 aliphatic heterocycles. The summed E-state index contributed by atoms with van der Waals surface area (Å²) in [6.45, 7) is 0. The zero-order chi connectivity index (χ0) is 16.2. The molecule has 1 amide bonds. The number of aromatic carboxylic acids is 1. The van der Waals surface area contributed by atoms with Gasteiger partial charge in [0.15, 0.2) is 0 Å². The Bertz CT molecular complexity index is 823. The second-order valence-electron chi connectivity index (χ2n) is 4.83. The summed E-state index contributed by atoms with van der Waals surface area (Å²) in [5, 5.41) is 14.4. The fourth-order valence-corrected chi connectivity index (χ4v) is 3.90. The van der Waals surface area contributed by atoms with Crippen LogP contribution in [-0.2, 0) is 11.2 Å². The van der Waals surface area contributed by atoms with E-state index >= 15 is 0 Å². The molecule has 0 aliphatic rings. The van der Waals surface area contributed by atoms with Crippen LogP contribution in [0.5, 0.6) is 0 Å². The lowest BCUT2D eigenvalue weighted by atomic mass is 10.1. The molecule has 0 bridgehead atoms. The summed E-state index contributed by atoms with van der Waals surface area (Å²) < 4.78 is 0. The Morgan fingerprint density at radius 3 is 2.52 bits per heavy atom. The molecule has 0 fully saturated rings. The van der Waals surface area contributed by atoms with Gasteiger partial charge in [0.25, 0.3) is 0 Å². The van der Waals surface area contributed by atoms with Gasteiger partial charge in [0, 0.05) is 9.75 Å². The lowest BCUT2D eigenvalue weighted by Crippen LogP contribution is -2.14. The van der Waals surface area contributed by atoms with Crippen LogP contribution in [0, 0.1) is 0 Å². The average Bonchev–Trinajstić information content (AvgIpc) is 3.18. The fourth-order valence-electron chi connectivity index (χ4n) is 2.13. The van der Waals surface area contributed by atoms with Crippen LogP contribution in [0.4, 0.5) is 5.00 Å². The first-order valence-corrected chi connectivity index (χ1v) is 8.58. The molecule has 23 heavy (non-hydrogen) atoms. The molecule has 0 saturated heterocycles. The van der Waals surface area contributed by atoms with Crippen molar-refractivity contribution in [2.45, 2.75) is 6.42 Å². The summed E-state index contributed by atoms with van der Waals surface area (Å²) in [7, 11) is 0. The van der Waals surface area contributed by atoms with Crippen molar-refractivity contribution in [2.24, 2.45) is 0 Å². The molecule has 4 nitrogen and oxygen atoms in total. The molecule has 116 valence electrons. The van der Waals surface area contributed by atoms with Gasteiger partial charge in [0.2, 0.25) is 5.91 Å². The van der Waals surface area contributed by atoms with Crippen LogP contribution in [0.15, 0.2) is 53.9 Å². The van der Waals surface area contributed by atoms with Crippen molar-refractivity contribution in [1.29, 1.82) is 0 Å².